The summed E-state index contributed by atoms with van der Waals surface area (Å²) in [6, 6.07) is 0. The maximum atomic E-state index is 5.93. The van der Waals surface area contributed by atoms with Crippen molar-refractivity contribution in [1.82, 2.24) is 4.98 Å². The fourth-order valence-electron chi connectivity index (χ4n) is 1.21. The predicted molar refractivity (Wildman–Crippen MR) is 47.5 cm³/mol. The summed E-state index contributed by atoms with van der Waals surface area (Å²) >= 11 is 0. The quantitative estimate of drug-likeness (QED) is 0.766. The van der Waals surface area contributed by atoms with Gasteiger partial charge in [-0.25, -0.2) is 4.98 Å². The van der Waals surface area contributed by atoms with Crippen LogP contribution >= 0.6 is 0 Å². The van der Waals surface area contributed by atoms with Crippen molar-refractivity contribution in [3.8, 4) is 5.95 Å². The number of hydrogen-bond acceptors (Lipinski definition) is 4. The number of oxazole rings is 1. The highest BCUT2D eigenvalue weighted by Gasteiger charge is 2.45. The Kier molecular flexibility index (Phi) is 1.80. The minimum atomic E-state index is -0.305. The number of aryl methyl sites for hydroxylation is 1. The first-order chi connectivity index (χ1) is 6.15. The topological polar surface area (TPSA) is 61.3 Å². The first-order valence-corrected chi connectivity index (χ1v) is 4.55. The van der Waals surface area contributed by atoms with E-state index in [4.69, 9.17) is 14.9 Å². The molecule has 0 spiro atoms. The normalized spacial score (nSPS) is 18.7. The van der Waals surface area contributed by atoms with Gasteiger partial charge in [-0.2, -0.15) is 0 Å². The average molecular weight is 182 g/mol. The molecule has 0 aliphatic heterocycles. The van der Waals surface area contributed by atoms with Gasteiger partial charge in [-0.1, -0.05) is 0 Å². The van der Waals surface area contributed by atoms with Gasteiger partial charge >= 0.3 is 5.95 Å². The lowest BCUT2D eigenvalue weighted by Crippen LogP contribution is -2.18. The molecule has 4 nitrogen and oxygen atoms in total. The number of nitrogens with zero attached hydrogens (tertiary/aromatic N) is 1. The molecule has 0 atom stereocenters. The van der Waals surface area contributed by atoms with E-state index in [2.05, 4.69) is 4.98 Å². The highest BCUT2D eigenvalue weighted by Crippen LogP contribution is 2.43. The minimum Gasteiger partial charge on any atom is -0.464 e. The fraction of sp³-hybridized carbons (Fsp3) is 0.667. The molecule has 0 bridgehead atoms. The number of rotatable bonds is 3. The Morgan fingerprint density at radius 1 is 1.62 bits per heavy atom. The third-order valence-electron chi connectivity index (χ3n) is 2.24. The van der Waals surface area contributed by atoms with Crippen LogP contribution in [-0.2, 0) is 5.54 Å². The van der Waals surface area contributed by atoms with Crippen LogP contribution in [0.1, 0.15) is 31.4 Å². The summed E-state index contributed by atoms with van der Waals surface area (Å²) < 4.78 is 10.7. The van der Waals surface area contributed by atoms with Crippen LogP contribution in [0.3, 0.4) is 0 Å². The smallest absolute Gasteiger partial charge is 0.308 e. The molecule has 2 N–H and O–H groups in total. The second-order valence-corrected chi connectivity index (χ2v) is 3.48. The Morgan fingerprint density at radius 2 is 2.31 bits per heavy atom. The molecule has 2 rings (SSSR count). The van der Waals surface area contributed by atoms with Crippen LogP contribution in [0.25, 0.3) is 0 Å². The molecule has 0 radical (unpaired) electrons. The molecule has 4 heteroatoms. The van der Waals surface area contributed by atoms with E-state index in [9.17, 15) is 0 Å². The van der Waals surface area contributed by atoms with E-state index in [1.807, 2.05) is 13.8 Å². The lowest BCUT2D eigenvalue weighted by molar-refractivity contribution is 0.242. The monoisotopic (exact) mass is 182 g/mol. The van der Waals surface area contributed by atoms with E-state index in [1.165, 1.54) is 0 Å². The van der Waals surface area contributed by atoms with E-state index in [0.29, 0.717) is 18.4 Å². The van der Waals surface area contributed by atoms with Gasteiger partial charge in [-0.3, -0.25) is 0 Å². The van der Waals surface area contributed by atoms with Gasteiger partial charge in [-0.15, -0.1) is 0 Å². The molecule has 1 aliphatic rings. The Morgan fingerprint density at radius 3 is 2.85 bits per heavy atom. The first kappa shape index (κ1) is 8.56. The molecular formula is C9H14N2O2. The second-order valence-electron chi connectivity index (χ2n) is 3.48. The fourth-order valence-corrected chi connectivity index (χ4v) is 1.21. The summed E-state index contributed by atoms with van der Waals surface area (Å²) in [6.45, 7) is 4.37. The van der Waals surface area contributed by atoms with Crippen LogP contribution in [0.4, 0.5) is 0 Å². The van der Waals surface area contributed by atoms with Crippen LogP contribution in [0.15, 0.2) is 4.42 Å². The molecule has 1 heterocycles. The summed E-state index contributed by atoms with van der Waals surface area (Å²) in [6.07, 6.45) is 1.91. The van der Waals surface area contributed by atoms with Crippen LogP contribution in [0.5, 0.6) is 5.95 Å². The average Bonchev–Trinajstić information content (AvgIpc) is 2.72. The van der Waals surface area contributed by atoms with Gasteiger partial charge < -0.3 is 14.9 Å². The summed E-state index contributed by atoms with van der Waals surface area (Å²) in [5.74, 6) is 1.13. The van der Waals surface area contributed by atoms with Crippen molar-refractivity contribution in [2.24, 2.45) is 5.73 Å². The van der Waals surface area contributed by atoms with Crippen molar-refractivity contribution >= 4 is 0 Å². The van der Waals surface area contributed by atoms with Crippen molar-refractivity contribution in [3.63, 3.8) is 0 Å². The molecule has 0 amide bonds. The third kappa shape index (κ3) is 1.42. The molecule has 13 heavy (non-hydrogen) atoms. The van der Waals surface area contributed by atoms with Gasteiger partial charge in [0.15, 0.2) is 0 Å². The van der Waals surface area contributed by atoms with E-state index in [0.717, 1.165) is 18.5 Å². The molecule has 1 aliphatic carbocycles. The van der Waals surface area contributed by atoms with Gasteiger partial charge in [0.1, 0.15) is 5.69 Å². The maximum Gasteiger partial charge on any atom is 0.308 e. The Bertz CT molecular complexity index is 315. The zero-order valence-electron chi connectivity index (χ0n) is 7.96. The predicted octanol–water partition coefficient (Wildman–Crippen LogP) is 1.33. The van der Waals surface area contributed by atoms with Crippen LogP contribution < -0.4 is 10.5 Å². The highest BCUT2D eigenvalue weighted by molar-refractivity contribution is 5.21. The first-order valence-electron chi connectivity index (χ1n) is 4.55. The third-order valence-corrected chi connectivity index (χ3v) is 2.24. The zero-order chi connectivity index (χ0) is 9.47. The van der Waals surface area contributed by atoms with Crippen molar-refractivity contribution in [1.29, 1.82) is 0 Å². The molecule has 1 aromatic rings. The largest absolute Gasteiger partial charge is 0.464 e. The van der Waals surface area contributed by atoms with Crippen molar-refractivity contribution in [2.75, 3.05) is 6.61 Å². The molecule has 1 aromatic heterocycles. The van der Waals surface area contributed by atoms with Gasteiger partial charge in [0.2, 0.25) is 5.89 Å². The van der Waals surface area contributed by atoms with Gasteiger partial charge in [0.25, 0.3) is 0 Å². The molecule has 72 valence electrons. The van der Waals surface area contributed by atoms with Crippen LogP contribution in [0, 0.1) is 6.92 Å². The minimum absolute atomic E-state index is 0.305. The van der Waals surface area contributed by atoms with E-state index >= 15 is 0 Å². The Hall–Kier alpha value is -1.03. The second kappa shape index (κ2) is 2.73. The number of hydrogen-bond donors (Lipinski definition) is 1. The van der Waals surface area contributed by atoms with E-state index < -0.39 is 0 Å². The molecule has 1 fully saturated rings. The molecule has 0 unspecified atom stereocenters. The number of nitrogens with two attached hydrogens (primary N) is 1. The number of ether oxygens (including phenoxy) is 1. The standard InChI is InChI=1S/C9H14N2O2/c1-3-12-7-6(2)11-8(13-7)9(10)4-5-9/h3-5,10H2,1-2H3. The van der Waals surface area contributed by atoms with Crippen molar-refractivity contribution in [3.05, 3.63) is 11.6 Å². The SMILES string of the molecule is CCOc1oc(C2(N)CC2)nc1C. The van der Waals surface area contributed by atoms with E-state index in [-0.39, 0.29) is 5.54 Å². The van der Waals surface area contributed by atoms with Crippen molar-refractivity contribution in [2.45, 2.75) is 32.2 Å². The van der Waals surface area contributed by atoms with Crippen LogP contribution in [-0.4, -0.2) is 11.6 Å². The summed E-state index contributed by atoms with van der Waals surface area (Å²) in [5.41, 5.74) is 6.41. The lowest BCUT2D eigenvalue weighted by Gasteiger charge is -2.00. The Labute approximate surface area is 77.1 Å². The Balaban J connectivity index is 2.24. The highest BCUT2D eigenvalue weighted by atomic mass is 16.6. The van der Waals surface area contributed by atoms with Gasteiger partial charge in [0.05, 0.1) is 12.1 Å². The summed E-state index contributed by atoms with van der Waals surface area (Å²) in [5, 5.41) is 0. The lowest BCUT2D eigenvalue weighted by atomic mass is 10.3. The molecule has 0 saturated heterocycles. The molecule has 1 saturated carbocycles. The summed E-state index contributed by atoms with van der Waals surface area (Å²) in [4.78, 5) is 4.25. The molecular weight excluding hydrogens is 168 g/mol. The van der Waals surface area contributed by atoms with Crippen molar-refractivity contribution < 1.29 is 9.15 Å². The number of aromatic nitrogens is 1. The maximum absolute atomic E-state index is 5.93. The van der Waals surface area contributed by atoms with Gasteiger partial charge in [-0.05, 0) is 26.7 Å². The molecule has 0 aromatic carbocycles. The zero-order valence-corrected chi connectivity index (χ0v) is 7.96. The van der Waals surface area contributed by atoms with Crippen LogP contribution in [0.2, 0.25) is 0 Å². The van der Waals surface area contributed by atoms with Gasteiger partial charge in [0, 0.05) is 0 Å². The summed E-state index contributed by atoms with van der Waals surface area (Å²) in [7, 11) is 0. The van der Waals surface area contributed by atoms with E-state index in [1.54, 1.807) is 0 Å².